The number of fused-ring (bicyclic) bond motifs is 1. The largest absolute Gasteiger partial charge is 0.362 e. The van der Waals surface area contributed by atoms with E-state index < -0.39 is 0 Å². The summed E-state index contributed by atoms with van der Waals surface area (Å²) in [6.07, 6.45) is 5.96. The Bertz CT molecular complexity index is 558. The first kappa shape index (κ1) is 13.2. The molecule has 1 heterocycles. The van der Waals surface area contributed by atoms with Crippen LogP contribution in [0.2, 0.25) is 0 Å². The van der Waals surface area contributed by atoms with Crippen molar-refractivity contribution >= 4 is 17.4 Å². The maximum Gasteiger partial charge on any atom is 0.240 e. The Morgan fingerprint density at radius 2 is 2.26 bits per heavy atom. The van der Waals surface area contributed by atoms with Gasteiger partial charge in [-0.05, 0) is 37.1 Å². The first-order chi connectivity index (χ1) is 9.11. The Labute approximate surface area is 112 Å². The lowest BCUT2D eigenvalue weighted by molar-refractivity contribution is -0.119. The van der Waals surface area contributed by atoms with Gasteiger partial charge in [-0.3, -0.25) is 9.59 Å². The number of Topliss-reactive ketones (excluding diaryl/α,β-unsaturated/α-hetero) is 1. The summed E-state index contributed by atoms with van der Waals surface area (Å²) in [5, 5.41) is 2.65. The summed E-state index contributed by atoms with van der Waals surface area (Å²) in [4.78, 5) is 25.0. The zero-order valence-electron chi connectivity index (χ0n) is 10.9. The van der Waals surface area contributed by atoms with Gasteiger partial charge in [0, 0.05) is 17.8 Å². The van der Waals surface area contributed by atoms with Crippen LogP contribution in [0.1, 0.15) is 22.8 Å². The fourth-order valence-electron chi connectivity index (χ4n) is 2.23. The highest BCUT2D eigenvalue weighted by molar-refractivity contribution is 5.95. The molecule has 1 amide bonds. The number of hydrogen-bond donors (Lipinski definition) is 1. The summed E-state index contributed by atoms with van der Waals surface area (Å²) in [5.74, 6) is 2.36. The third-order valence-electron chi connectivity index (χ3n) is 3.20. The molecule has 0 spiro atoms. The predicted octanol–water partition coefficient (Wildman–Crippen LogP) is 1.00. The van der Waals surface area contributed by atoms with Gasteiger partial charge in [0.1, 0.15) is 0 Å². The Hall–Kier alpha value is -2.28. The van der Waals surface area contributed by atoms with Crippen LogP contribution in [-0.2, 0) is 11.2 Å². The van der Waals surface area contributed by atoms with Crippen LogP contribution in [-0.4, -0.2) is 31.3 Å². The van der Waals surface area contributed by atoms with Crippen molar-refractivity contribution in [1.29, 1.82) is 0 Å². The molecule has 4 heteroatoms. The number of hydrogen-bond acceptors (Lipinski definition) is 3. The molecule has 0 radical (unpaired) electrons. The highest BCUT2D eigenvalue weighted by Crippen LogP contribution is 2.28. The van der Waals surface area contributed by atoms with E-state index >= 15 is 0 Å². The minimum atomic E-state index is -0.0820. The van der Waals surface area contributed by atoms with Crippen molar-refractivity contribution in [3.05, 3.63) is 29.3 Å². The molecule has 0 aromatic heterocycles. The molecule has 0 fully saturated rings. The summed E-state index contributed by atoms with van der Waals surface area (Å²) >= 11 is 0. The highest BCUT2D eigenvalue weighted by Gasteiger charge is 2.21. The molecule has 0 saturated heterocycles. The van der Waals surface area contributed by atoms with Gasteiger partial charge in [0.05, 0.1) is 13.1 Å². The fraction of sp³-hybridized carbons (Fsp3) is 0.333. The van der Waals surface area contributed by atoms with E-state index in [9.17, 15) is 9.59 Å². The standard InChI is InChI=1S/C15H16N2O2/c1-3-7-16-15(19)10-17-8-6-13-9-12(11(2)18)4-5-14(13)17/h1,4-5,9H,6-8,10H2,2H3,(H,16,19). The summed E-state index contributed by atoms with van der Waals surface area (Å²) < 4.78 is 0. The Balaban J connectivity index is 2.08. The third-order valence-corrected chi connectivity index (χ3v) is 3.20. The van der Waals surface area contributed by atoms with E-state index in [1.54, 1.807) is 13.0 Å². The SMILES string of the molecule is C#CCNC(=O)CN1CCc2cc(C(C)=O)ccc21. The molecule has 0 saturated carbocycles. The molecular formula is C15H16N2O2. The van der Waals surface area contributed by atoms with E-state index in [4.69, 9.17) is 6.42 Å². The van der Waals surface area contributed by atoms with Crippen LogP contribution < -0.4 is 10.2 Å². The van der Waals surface area contributed by atoms with Gasteiger partial charge in [0.15, 0.2) is 5.78 Å². The van der Waals surface area contributed by atoms with Crippen LogP contribution in [0.4, 0.5) is 5.69 Å². The normalized spacial score (nSPS) is 12.7. The zero-order chi connectivity index (χ0) is 13.8. The highest BCUT2D eigenvalue weighted by atomic mass is 16.2. The Morgan fingerprint density at radius 3 is 2.95 bits per heavy atom. The number of carbonyl (C=O) groups is 2. The molecule has 19 heavy (non-hydrogen) atoms. The molecule has 2 rings (SSSR count). The minimum absolute atomic E-state index is 0.0630. The first-order valence-corrected chi connectivity index (χ1v) is 6.21. The smallest absolute Gasteiger partial charge is 0.240 e. The van der Waals surface area contributed by atoms with E-state index in [0.29, 0.717) is 6.54 Å². The molecule has 1 N–H and O–H groups in total. The van der Waals surface area contributed by atoms with Crippen molar-refractivity contribution < 1.29 is 9.59 Å². The van der Waals surface area contributed by atoms with Crippen molar-refractivity contribution in [1.82, 2.24) is 5.32 Å². The van der Waals surface area contributed by atoms with Crippen molar-refractivity contribution in [3.8, 4) is 12.3 Å². The van der Waals surface area contributed by atoms with E-state index in [1.807, 2.05) is 17.0 Å². The molecule has 1 aromatic carbocycles. The molecule has 0 unspecified atom stereocenters. The molecule has 1 aliphatic heterocycles. The number of nitrogens with zero attached hydrogens (tertiary/aromatic N) is 1. The lowest BCUT2D eigenvalue weighted by atomic mass is 10.1. The summed E-state index contributed by atoms with van der Waals surface area (Å²) in [5.41, 5.74) is 2.87. The predicted molar refractivity (Wildman–Crippen MR) is 74.2 cm³/mol. The minimum Gasteiger partial charge on any atom is -0.362 e. The van der Waals surface area contributed by atoms with E-state index in [0.717, 1.165) is 29.8 Å². The molecule has 0 aliphatic carbocycles. The van der Waals surface area contributed by atoms with Gasteiger partial charge in [0.2, 0.25) is 5.91 Å². The number of carbonyl (C=O) groups excluding carboxylic acids is 2. The number of anilines is 1. The number of rotatable bonds is 4. The molecule has 1 aromatic rings. The zero-order valence-corrected chi connectivity index (χ0v) is 10.9. The average Bonchev–Trinajstić information content (AvgIpc) is 2.78. The van der Waals surface area contributed by atoms with E-state index in [1.165, 1.54) is 0 Å². The van der Waals surface area contributed by atoms with Crippen LogP contribution in [0.5, 0.6) is 0 Å². The summed E-state index contributed by atoms with van der Waals surface area (Å²) in [7, 11) is 0. The monoisotopic (exact) mass is 256 g/mol. The molecule has 98 valence electrons. The maximum absolute atomic E-state index is 11.6. The number of amides is 1. The number of benzene rings is 1. The number of terminal acetylenes is 1. The van der Waals surface area contributed by atoms with Gasteiger partial charge in [-0.25, -0.2) is 0 Å². The Morgan fingerprint density at radius 1 is 1.47 bits per heavy atom. The molecule has 0 bridgehead atoms. The lowest BCUT2D eigenvalue weighted by Gasteiger charge is -2.18. The van der Waals surface area contributed by atoms with Gasteiger partial charge >= 0.3 is 0 Å². The second-order valence-electron chi connectivity index (χ2n) is 4.55. The topological polar surface area (TPSA) is 49.4 Å². The number of ketones is 1. The van der Waals surface area contributed by atoms with Gasteiger partial charge in [-0.15, -0.1) is 6.42 Å². The van der Waals surface area contributed by atoms with E-state index in [-0.39, 0.29) is 18.2 Å². The van der Waals surface area contributed by atoms with Crippen LogP contribution >= 0.6 is 0 Å². The van der Waals surface area contributed by atoms with Crippen LogP contribution in [0.3, 0.4) is 0 Å². The first-order valence-electron chi connectivity index (χ1n) is 6.21. The van der Waals surface area contributed by atoms with Crippen LogP contribution in [0.25, 0.3) is 0 Å². The quantitative estimate of drug-likeness (QED) is 0.646. The maximum atomic E-state index is 11.6. The van der Waals surface area contributed by atoms with Gasteiger partial charge in [-0.1, -0.05) is 5.92 Å². The number of nitrogens with one attached hydrogen (secondary N) is 1. The molecule has 0 atom stereocenters. The van der Waals surface area contributed by atoms with Crippen molar-refractivity contribution in [3.63, 3.8) is 0 Å². The molecular weight excluding hydrogens is 240 g/mol. The van der Waals surface area contributed by atoms with Crippen molar-refractivity contribution in [2.75, 3.05) is 24.5 Å². The van der Waals surface area contributed by atoms with Crippen molar-refractivity contribution in [2.24, 2.45) is 0 Å². The van der Waals surface area contributed by atoms with Gasteiger partial charge in [0.25, 0.3) is 0 Å². The fourth-order valence-corrected chi connectivity index (χ4v) is 2.23. The van der Waals surface area contributed by atoms with E-state index in [2.05, 4.69) is 11.2 Å². The van der Waals surface area contributed by atoms with Gasteiger partial charge in [-0.2, -0.15) is 0 Å². The lowest BCUT2D eigenvalue weighted by Crippen LogP contribution is -2.36. The summed E-state index contributed by atoms with van der Waals surface area (Å²) in [6.45, 7) is 2.90. The Kier molecular flexibility index (Phi) is 3.86. The second kappa shape index (κ2) is 5.57. The summed E-state index contributed by atoms with van der Waals surface area (Å²) in [6, 6.07) is 5.63. The van der Waals surface area contributed by atoms with Crippen LogP contribution in [0, 0.1) is 12.3 Å². The van der Waals surface area contributed by atoms with Gasteiger partial charge < -0.3 is 10.2 Å². The third kappa shape index (κ3) is 2.94. The van der Waals surface area contributed by atoms with Crippen molar-refractivity contribution in [2.45, 2.75) is 13.3 Å². The molecule has 4 nitrogen and oxygen atoms in total. The van der Waals surface area contributed by atoms with Crippen LogP contribution in [0.15, 0.2) is 18.2 Å². The second-order valence-corrected chi connectivity index (χ2v) is 4.55. The average molecular weight is 256 g/mol. The molecule has 1 aliphatic rings.